The van der Waals surface area contributed by atoms with Gasteiger partial charge in [-0.1, -0.05) is 67.1 Å². The molecule has 2 aromatic rings. The summed E-state index contributed by atoms with van der Waals surface area (Å²) >= 11 is 6.34. The summed E-state index contributed by atoms with van der Waals surface area (Å²) in [4.78, 5) is 27.7. The lowest BCUT2D eigenvalue weighted by Crippen LogP contribution is -2.51. The second-order valence-electron chi connectivity index (χ2n) is 7.23. The van der Waals surface area contributed by atoms with E-state index in [-0.39, 0.29) is 17.9 Å². The van der Waals surface area contributed by atoms with Gasteiger partial charge in [-0.2, -0.15) is 0 Å². The maximum absolute atomic E-state index is 13.0. The van der Waals surface area contributed by atoms with Crippen molar-refractivity contribution in [3.05, 3.63) is 70.7 Å². The number of hydrogen-bond donors (Lipinski definition) is 1. The predicted octanol–water partition coefficient (Wildman–Crippen LogP) is 4.60. The van der Waals surface area contributed by atoms with Gasteiger partial charge in [0.05, 0.1) is 0 Å². The average Bonchev–Trinajstić information content (AvgIpc) is 2.66. The molecule has 0 spiro atoms. The number of nitrogens with zero attached hydrogens (tertiary/aromatic N) is 1. The van der Waals surface area contributed by atoms with E-state index < -0.39 is 6.04 Å². The Morgan fingerprint density at radius 2 is 1.68 bits per heavy atom. The lowest BCUT2D eigenvalue weighted by Gasteiger charge is -2.32. The molecule has 0 bridgehead atoms. The molecule has 0 radical (unpaired) electrons. The van der Waals surface area contributed by atoms with Crippen molar-refractivity contribution in [1.82, 2.24) is 10.2 Å². The molecule has 0 heterocycles. The largest absolute Gasteiger partial charge is 0.352 e. The summed E-state index contributed by atoms with van der Waals surface area (Å²) in [6.45, 7) is 6.11. The molecule has 150 valence electrons. The molecule has 0 fully saturated rings. The van der Waals surface area contributed by atoms with Crippen molar-refractivity contribution in [1.29, 1.82) is 0 Å². The van der Waals surface area contributed by atoms with Crippen LogP contribution in [0.15, 0.2) is 54.6 Å². The minimum Gasteiger partial charge on any atom is -0.352 e. The Balaban J connectivity index is 2.39. The fourth-order valence-corrected chi connectivity index (χ4v) is 3.30. The maximum Gasteiger partial charge on any atom is 0.243 e. The molecular formula is C23H29ClN2O2. The second-order valence-corrected chi connectivity index (χ2v) is 7.64. The van der Waals surface area contributed by atoms with Gasteiger partial charge in [0.1, 0.15) is 6.04 Å². The predicted molar refractivity (Wildman–Crippen MR) is 114 cm³/mol. The van der Waals surface area contributed by atoms with E-state index in [1.54, 1.807) is 11.0 Å². The Hall–Kier alpha value is -2.33. The highest BCUT2D eigenvalue weighted by Gasteiger charge is 2.30. The highest BCUT2D eigenvalue weighted by atomic mass is 35.5. The molecule has 2 amide bonds. The Kier molecular flexibility index (Phi) is 8.52. The summed E-state index contributed by atoms with van der Waals surface area (Å²) in [6, 6.07) is 16.6. The monoisotopic (exact) mass is 400 g/mol. The fourth-order valence-electron chi connectivity index (χ4n) is 3.10. The van der Waals surface area contributed by atoms with E-state index in [1.165, 1.54) is 0 Å². The number of halogens is 1. The average molecular weight is 401 g/mol. The standard InChI is InChI=1S/C23H29ClN2O2/c1-4-10-22(27)26(16-19-13-8-9-14-20(19)24)21(23(28)25-17(2)3)15-18-11-6-5-7-12-18/h5-9,11-14,17,21H,4,10,15-16H2,1-3H3,(H,25,28)/t21-/m0/s1. The molecule has 1 atom stereocenters. The molecule has 0 aliphatic carbocycles. The van der Waals surface area contributed by atoms with Crippen LogP contribution in [0.5, 0.6) is 0 Å². The minimum atomic E-state index is -0.597. The lowest BCUT2D eigenvalue weighted by atomic mass is 10.0. The van der Waals surface area contributed by atoms with Crippen LogP contribution in [0.1, 0.15) is 44.7 Å². The topological polar surface area (TPSA) is 49.4 Å². The zero-order chi connectivity index (χ0) is 20.5. The van der Waals surface area contributed by atoms with Crippen molar-refractivity contribution in [2.24, 2.45) is 0 Å². The fraction of sp³-hybridized carbons (Fsp3) is 0.391. The third-order valence-electron chi connectivity index (χ3n) is 4.46. The molecule has 4 nitrogen and oxygen atoms in total. The van der Waals surface area contributed by atoms with Crippen LogP contribution in [-0.4, -0.2) is 28.8 Å². The Labute approximate surface area is 172 Å². The minimum absolute atomic E-state index is 0.00536. The summed E-state index contributed by atoms with van der Waals surface area (Å²) in [7, 11) is 0. The van der Waals surface area contributed by atoms with Crippen LogP contribution in [0.2, 0.25) is 5.02 Å². The van der Waals surface area contributed by atoms with Crippen molar-refractivity contribution in [3.8, 4) is 0 Å². The molecule has 5 heteroatoms. The Morgan fingerprint density at radius 3 is 2.29 bits per heavy atom. The normalized spacial score (nSPS) is 11.9. The van der Waals surface area contributed by atoms with Gasteiger partial charge < -0.3 is 10.2 Å². The molecule has 0 aliphatic heterocycles. The first-order chi connectivity index (χ1) is 13.4. The van der Waals surface area contributed by atoms with E-state index in [0.29, 0.717) is 24.4 Å². The molecule has 28 heavy (non-hydrogen) atoms. The molecule has 1 N–H and O–H groups in total. The smallest absolute Gasteiger partial charge is 0.243 e. The first-order valence-corrected chi connectivity index (χ1v) is 10.2. The molecule has 2 aromatic carbocycles. The summed E-state index contributed by atoms with van der Waals surface area (Å²) in [5, 5.41) is 3.57. The number of rotatable bonds is 9. The zero-order valence-electron chi connectivity index (χ0n) is 16.8. The van der Waals surface area contributed by atoms with Crippen molar-refractivity contribution in [2.45, 2.75) is 58.7 Å². The van der Waals surface area contributed by atoms with E-state index in [9.17, 15) is 9.59 Å². The Morgan fingerprint density at radius 1 is 1.04 bits per heavy atom. The summed E-state index contributed by atoms with van der Waals surface area (Å²) in [5.74, 6) is -0.183. The second kappa shape index (κ2) is 10.9. The van der Waals surface area contributed by atoms with Crippen molar-refractivity contribution < 1.29 is 9.59 Å². The van der Waals surface area contributed by atoms with Gasteiger partial charge in [-0.25, -0.2) is 0 Å². The van der Waals surface area contributed by atoms with E-state index in [0.717, 1.165) is 17.5 Å². The number of nitrogens with one attached hydrogen (secondary N) is 1. The number of amides is 2. The van der Waals surface area contributed by atoms with Crippen LogP contribution in [0, 0.1) is 0 Å². The molecule has 0 unspecified atom stereocenters. The zero-order valence-corrected chi connectivity index (χ0v) is 17.6. The van der Waals surface area contributed by atoms with Gasteiger partial charge in [0, 0.05) is 30.5 Å². The Bertz CT molecular complexity index is 777. The van der Waals surface area contributed by atoms with Crippen molar-refractivity contribution >= 4 is 23.4 Å². The van der Waals surface area contributed by atoms with Gasteiger partial charge in [0.25, 0.3) is 0 Å². The van der Waals surface area contributed by atoms with Gasteiger partial charge in [0.2, 0.25) is 11.8 Å². The highest BCUT2D eigenvalue weighted by molar-refractivity contribution is 6.31. The van der Waals surface area contributed by atoms with Gasteiger partial charge in [-0.15, -0.1) is 0 Å². The van der Waals surface area contributed by atoms with Gasteiger partial charge in [-0.3, -0.25) is 9.59 Å². The van der Waals surface area contributed by atoms with Crippen LogP contribution >= 0.6 is 11.6 Å². The molecule has 2 rings (SSSR count). The van der Waals surface area contributed by atoms with E-state index in [2.05, 4.69) is 5.32 Å². The highest BCUT2D eigenvalue weighted by Crippen LogP contribution is 2.21. The van der Waals surface area contributed by atoms with E-state index >= 15 is 0 Å². The van der Waals surface area contributed by atoms with Crippen LogP contribution in [-0.2, 0) is 22.6 Å². The van der Waals surface area contributed by atoms with Crippen LogP contribution in [0.25, 0.3) is 0 Å². The van der Waals surface area contributed by atoms with Crippen LogP contribution < -0.4 is 5.32 Å². The van der Waals surface area contributed by atoms with E-state index in [1.807, 2.05) is 69.3 Å². The molecule has 0 saturated carbocycles. The molecule has 0 aliphatic rings. The molecular weight excluding hydrogens is 372 g/mol. The van der Waals surface area contributed by atoms with E-state index in [4.69, 9.17) is 11.6 Å². The number of carbonyl (C=O) groups is 2. The first kappa shape index (κ1) is 22.0. The summed E-state index contributed by atoms with van der Waals surface area (Å²) < 4.78 is 0. The van der Waals surface area contributed by atoms with Gasteiger partial charge in [-0.05, 0) is 37.5 Å². The number of carbonyl (C=O) groups excluding carboxylic acids is 2. The number of hydrogen-bond acceptors (Lipinski definition) is 2. The number of benzene rings is 2. The third kappa shape index (κ3) is 6.38. The lowest BCUT2D eigenvalue weighted by molar-refractivity contribution is -0.141. The summed E-state index contributed by atoms with van der Waals surface area (Å²) in [6.07, 6.45) is 1.58. The quantitative estimate of drug-likeness (QED) is 0.668. The third-order valence-corrected chi connectivity index (χ3v) is 4.83. The van der Waals surface area contributed by atoms with Gasteiger partial charge in [0.15, 0.2) is 0 Å². The first-order valence-electron chi connectivity index (χ1n) is 9.79. The van der Waals surface area contributed by atoms with Gasteiger partial charge >= 0.3 is 0 Å². The molecule has 0 saturated heterocycles. The SMILES string of the molecule is CCCC(=O)N(Cc1ccccc1Cl)[C@@H](Cc1ccccc1)C(=O)NC(C)C. The molecule has 0 aromatic heterocycles. The summed E-state index contributed by atoms with van der Waals surface area (Å²) in [5.41, 5.74) is 1.85. The van der Waals surface area contributed by atoms with Crippen molar-refractivity contribution in [2.75, 3.05) is 0 Å². The van der Waals surface area contributed by atoms with Crippen LogP contribution in [0.4, 0.5) is 0 Å². The van der Waals surface area contributed by atoms with Crippen LogP contribution in [0.3, 0.4) is 0 Å². The maximum atomic E-state index is 13.0. The van der Waals surface area contributed by atoms with Crippen molar-refractivity contribution in [3.63, 3.8) is 0 Å².